The largest absolute Gasteiger partial charge is 0.317 e. The topological polar surface area (TPSA) is 21.6 Å². The Morgan fingerprint density at radius 2 is 1.83 bits per heavy atom. The number of fused-ring (bicyclic) bond motifs is 3. The highest BCUT2D eigenvalue weighted by molar-refractivity contribution is 8.00. The number of hydrogen-bond acceptors (Lipinski definition) is 4. The van der Waals surface area contributed by atoms with Crippen molar-refractivity contribution in [2.75, 3.05) is 5.75 Å². The summed E-state index contributed by atoms with van der Waals surface area (Å²) in [5, 5.41) is 6.88. The van der Waals surface area contributed by atoms with Crippen LogP contribution in [-0.2, 0) is 4.28 Å². The van der Waals surface area contributed by atoms with E-state index in [-0.39, 0.29) is 0 Å². The van der Waals surface area contributed by atoms with Gasteiger partial charge in [0.15, 0.2) is 0 Å². The highest BCUT2D eigenvalue weighted by Crippen LogP contribution is 2.37. The van der Waals surface area contributed by atoms with Gasteiger partial charge in [0.2, 0.25) is 0 Å². The molecule has 0 unspecified atom stereocenters. The Kier molecular flexibility index (Phi) is 4.02. The monoisotopic (exact) mass is 337 g/mol. The number of rotatable bonds is 3. The number of nitrogens with zero attached hydrogens (tertiary/aromatic N) is 1. The van der Waals surface area contributed by atoms with Gasteiger partial charge in [-0.2, -0.15) is 0 Å². The normalized spacial score (nSPS) is 15.1. The van der Waals surface area contributed by atoms with Crippen LogP contribution in [0.3, 0.4) is 0 Å². The fourth-order valence-electron chi connectivity index (χ4n) is 2.66. The maximum absolute atomic E-state index is 5.54. The molecule has 0 bridgehead atoms. The zero-order chi connectivity index (χ0) is 15.6. The molecule has 0 saturated carbocycles. The van der Waals surface area contributed by atoms with E-state index in [1.165, 1.54) is 38.8 Å². The van der Waals surface area contributed by atoms with Crippen molar-refractivity contribution < 1.29 is 4.28 Å². The molecule has 0 amide bonds. The molecule has 0 aliphatic carbocycles. The van der Waals surface area contributed by atoms with Crippen LogP contribution in [0.4, 0.5) is 0 Å². The van der Waals surface area contributed by atoms with Crippen LogP contribution < -0.4 is 0 Å². The molecule has 4 heteroatoms. The van der Waals surface area contributed by atoms with Gasteiger partial charge in [0.25, 0.3) is 0 Å². The van der Waals surface area contributed by atoms with Crippen molar-refractivity contribution in [2.45, 2.75) is 16.7 Å². The summed E-state index contributed by atoms with van der Waals surface area (Å²) >= 11 is 3.12. The Bertz CT molecular complexity index is 888. The molecule has 0 N–H and O–H groups in total. The maximum Gasteiger partial charge on any atom is 0.125 e. The summed E-state index contributed by atoms with van der Waals surface area (Å²) in [5.41, 5.74) is 3.48. The molecule has 1 heterocycles. The smallest absolute Gasteiger partial charge is 0.125 e. The fraction of sp³-hybridized carbons (Fsp3) is 0.105. The van der Waals surface area contributed by atoms with Crippen LogP contribution in [0, 0.1) is 6.92 Å². The lowest BCUT2D eigenvalue weighted by Crippen LogP contribution is -1.99. The molecule has 114 valence electrons. The summed E-state index contributed by atoms with van der Waals surface area (Å²) in [6.07, 6.45) is 0. The molecule has 3 aromatic rings. The van der Waals surface area contributed by atoms with Crippen molar-refractivity contribution in [3.05, 3.63) is 71.8 Å². The Morgan fingerprint density at radius 3 is 2.70 bits per heavy atom. The van der Waals surface area contributed by atoms with Crippen molar-refractivity contribution in [1.29, 1.82) is 0 Å². The Balaban J connectivity index is 1.60. The molecule has 0 saturated heterocycles. The van der Waals surface area contributed by atoms with Crippen LogP contribution in [0.25, 0.3) is 10.8 Å². The first-order chi connectivity index (χ1) is 11.3. The Morgan fingerprint density at radius 1 is 1.00 bits per heavy atom. The fourth-order valence-corrected chi connectivity index (χ4v) is 4.15. The van der Waals surface area contributed by atoms with Crippen LogP contribution in [0.5, 0.6) is 0 Å². The molecule has 0 spiro atoms. The van der Waals surface area contributed by atoms with E-state index in [2.05, 4.69) is 60.6 Å². The minimum Gasteiger partial charge on any atom is -0.317 e. The lowest BCUT2D eigenvalue weighted by molar-refractivity contribution is 0.405. The third-order valence-electron chi connectivity index (χ3n) is 3.85. The van der Waals surface area contributed by atoms with Crippen molar-refractivity contribution >= 4 is 40.3 Å². The lowest BCUT2D eigenvalue weighted by Gasteiger charge is -2.05. The van der Waals surface area contributed by atoms with E-state index in [1.54, 1.807) is 0 Å². The Hall–Kier alpha value is -1.91. The van der Waals surface area contributed by atoms with E-state index in [4.69, 9.17) is 4.28 Å². The first kappa shape index (κ1) is 14.7. The van der Waals surface area contributed by atoms with E-state index in [0.717, 1.165) is 16.4 Å². The van der Waals surface area contributed by atoms with Crippen LogP contribution in [0.15, 0.2) is 75.6 Å². The molecule has 3 aromatic carbocycles. The van der Waals surface area contributed by atoms with Gasteiger partial charge >= 0.3 is 0 Å². The summed E-state index contributed by atoms with van der Waals surface area (Å²) in [7, 11) is 0. The third kappa shape index (κ3) is 2.96. The number of aryl methyl sites for hydroxylation is 1. The predicted octanol–water partition coefficient (Wildman–Crippen LogP) is 5.68. The second kappa shape index (κ2) is 6.30. The summed E-state index contributed by atoms with van der Waals surface area (Å²) < 4.78 is 5.54. The average molecular weight is 337 g/mol. The molecule has 4 rings (SSSR count). The number of benzene rings is 3. The van der Waals surface area contributed by atoms with Gasteiger partial charge in [-0.1, -0.05) is 53.2 Å². The Labute approximate surface area is 144 Å². The average Bonchev–Trinajstić information content (AvgIpc) is 3.00. The van der Waals surface area contributed by atoms with Gasteiger partial charge < -0.3 is 4.28 Å². The maximum atomic E-state index is 5.54. The quantitative estimate of drug-likeness (QED) is 0.453. The first-order valence-corrected chi connectivity index (χ1v) is 9.16. The zero-order valence-electron chi connectivity index (χ0n) is 12.7. The minimum absolute atomic E-state index is 0.859. The number of oxime groups is 1. The van der Waals surface area contributed by atoms with Gasteiger partial charge in [0.05, 0.1) is 4.90 Å². The minimum atomic E-state index is 0.859. The standard InChI is InChI=1S/C19H15NOS2/c1-13-6-9-15(10-7-13)23-21-20-17-12-22-18-11-8-14-4-2-3-5-16(14)19(17)18/h2-11H,12H2,1H3/b20-17+. The van der Waals surface area contributed by atoms with Gasteiger partial charge in [0.1, 0.15) is 17.8 Å². The van der Waals surface area contributed by atoms with E-state index < -0.39 is 0 Å². The van der Waals surface area contributed by atoms with Crippen LogP contribution in [-0.4, -0.2) is 11.5 Å². The van der Waals surface area contributed by atoms with Gasteiger partial charge in [-0.05, 0) is 35.9 Å². The van der Waals surface area contributed by atoms with E-state index in [1.807, 2.05) is 23.9 Å². The van der Waals surface area contributed by atoms with Gasteiger partial charge in [0, 0.05) is 16.2 Å². The molecule has 2 nitrogen and oxygen atoms in total. The van der Waals surface area contributed by atoms with E-state index in [9.17, 15) is 0 Å². The van der Waals surface area contributed by atoms with E-state index >= 15 is 0 Å². The SMILES string of the molecule is Cc1ccc(SO/N=C2\CSc3ccc4ccccc4c32)cc1. The molecule has 23 heavy (non-hydrogen) atoms. The molecular formula is C19H15NOS2. The molecule has 0 radical (unpaired) electrons. The molecule has 1 aliphatic heterocycles. The number of thioether (sulfide) groups is 1. The second-order valence-electron chi connectivity index (χ2n) is 5.46. The summed E-state index contributed by atoms with van der Waals surface area (Å²) in [4.78, 5) is 2.34. The van der Waals surface area contributed by atoms with Crippen molar-refractivity contribution in [3.8, 4) is 0 Å². The lowest BCUT2D eigenvalue weighted by atomic mass is 10.0. The van der Waals surface area contributed by atoms with Crippen LogP contribution in [0.2, 0.25) is 0 Å². The highest BCUT2D eigenvalue weighted by Gasteiger charge is 2.21. The van der Waals surface area contributed by atoms with Gasteiger partial charge in [-0.15, -0.1) is 11.8 Å². The van der Waals surface area contributed by atoms with Crippen LogP contribution in [0.1, 0.15) is 11.1 Å². The molecule has 0 atom stereocenters. The van der Waals surface area contributed by atoms with Crippen molar-refractivity contribution in [1.82, 2.24) is 0 Å². The highest BCUT2D eigenvalue weighted by atomic mass is 32.2. The number of hydrogen-bond donors (Lipinski definition) is 0. The summed E-state index contributed by atoms with van der Waals surface area (Å²) in [6.45, 7) is 2.08. The second-order valence-corrected chi connectivity index (χ2v) is 7.26. The van der Waals surface area contributed by atoms with E-state index in [0.29, 0.717) is 0 Å². The molecular weight excluding hydrogens is 322 g/mol. The zero-order valence-corrected chi connectivity index (χ0v) is 14.3. The first-order valence-electron chi connectivity index (χ1n) is 7.43. The summed E-state index contributed by atoms with van der Waals surface area (Å²) in [6, 6.07) is 21.0. The molecule has 1 aliphatic rings. The van der Waals surface area contributed by atoms with Gasteiger partial charge in [-0.25, -0.2) is 0 Å². The predicted molar refractivity (Wildman–Crippen MR) is 99.3 cm³/mol. The molecule has 0 aromatic heterocycles. The van der Waals surface area contributed by atoms with Gasteiger partial charge in [-0.3, -0.25) is 0 Å². The molecule has 0 fully saturated rings. The third-order valence-corrected chi connectivity index (χ3v) is 5.53. The van der Waals surface area contributed by atoms with Crippen molar-refractivity contribution in [2.24, 2.45) is 5.16 Å². The van der Waals surface area contributed by atoms with Crippen molar-refractivity contribution in [3.63, 3.8) is 0 Å². The van der Waals surface area contributed by atoms with Crippen LogP contribution >= 0.6 is 23.8 Å². The summed E-state index contributed by atoms with van der Waals surface area (Å²) in [5.74, 6) is 0.859.